The lowest BCUT2D eigenvalue weighted by Crippen LogP contribution is -2.28. The zero-order valence-corrected chi connectivity index (χ0v) is 25.1. The molecule has 0 aromatic carbocycles. The predicted molar refractivity (Wildman–Crippen MR) is 168 cm³/mol. The van der Waals surface area contributed by atoms with Gasteiger partial charge in [0.2, 0.25) is 0 Å². The molecule has 0 bridgehead atoms. The second-order valence-corrected chi connectivity index (χ2v) is 9.57. The van der Waals surface area contributed by atoms with E-state index < -0.39 is 6.10 Å². The predicted octanol–water partition coefficient (Wildman–Crippen LogP) is 8.83. The number of rotatable bonds is 25. The van der Waals surface area contributed by atoms with Gasteiger partial charge in [-0.1, -0.05) is 125 Å². The number of allylic oxidation sites excluding steroid dienone is 14. The van der Waals surface area contributed by atoms with Crippen molar-refractivity contribution in [2.75, 3.05) is 13.2 Å². The summed E-state index contributed by atoms with van der Waals surface area (Å²) < 4.78 is 10.5. The Balaban J connectivity index is 3.76. The molecule has 0 aliphatic rings. The third-order valence-electron chi connectivity index (χ3n) is 5.84. The van der Waals surface area contributed by atoms with Gasteiger partial charge in [-0.15, -0.1) is 0 Å². The highest BCUT2D eigenvalue weighted by Crippen LogP contribution is 2.10. The van der Waals surface area contributed by atoms with Crippen LogP contribution in [0.25, 0.3) is 0 Å². The highest BCUT2D eigenvalue weighted by atomic mass is 16.6. The van der Waals surface area contributed by atoms with Gasteiger partial charge >= 0.3 is 11.9 Å². The third-order valence-corrected chi connectivity index (χ3v) is 5.84. The Kier molecular flexibility index (Phi) is 28.4. The summed E-state index contributed by atoms with van der Waals surface area (Å²) in [6, 6.07) is 0. The van der Waals surface area contributed by atoms with E-state index in [4.69, 9.17) is 9.47 Å². The zero-order valence-electron chi connectivity index (χ0n) is 25.1. The quantitative estimate of drug-likeness (QED) is 0.0693. The average Bonchev–Trinajstić information content (AvgIpc) is 2.96. The van der Waals surface area contributed by atoms with Crippen LogP contribution in [0.3, 0.4) is 0 Å². The molecule has 0 radical (unpaired) electrons. The summed E-state index contributed by atoms with van der Waals surface area (Å²) in [6.45, 7) is 3.77. The fourth-order valence-electron chi connectivity index (χ4n) is 3.56. The Morgan fingerprint density at radius 2 is 1.00 bits per heavy atom. The number of hydrogen-bond acceptors (Lipinski definition) is 5. The minimum absolute atomic E-state index is 0.0987. The number of aliphatic hydroxyl groups is 1. The Morgan fingerprint density at radius 3 is 1.52 bits per heavy atom. The minimum Gasteiger partial charge on any atom is -0.462 e. The van der Waals surface area contributed by atoms with Crippen LogP contribution in [0.5, 0.6) is 0 Å². The first-order chi connectivity index (χ1) is 19.6. The van der Waals surface area contributed by atoms with Crippen molar-refractivity contribution in [1.82, 2.24) is 0 Å². The van der Waals surface area contributed by atoms with Crippen LogP contribution in [0.15, 0.2) is 85.1 Å². The fraction of sp³-hybridized carbons (Fsp3) is 0.543. The van der Waals surface area contributed by atoms with Gasteiger partial charge in [0.05, 0.1) is 6.61 Å². The Labute approximate surface area is 244 Å². The Hall–Kier alpha value is -2.92. The first-order valence-corrected chi connectivity index (χ1v) is 15.2. The van der Waals surface area contributed by atoms with Crippen LogP contribution in [0.4, 0.5) is 0 Å². The molecule has 1 unspecified atom stereocenters. The van der Waals surface area contributed by atoms with Crippen molar-refractivity contribution in [3.8, 4) is 0 Å². The summed E-state index contributed by atoms with van der Waals surface area (Å²) in [5.74, 6) is -0.676. The number of unbranched alkanes of at least 4 members (excludes halogenated alkanes) is 8. The van der Waals surface area contributed by atoms with Gasteiger partial charge in [-0.2, -0.15) is 0 Å². The first kappa shape index (κ1) is 37.1. The molecule has 0 aromatic heterocycles. The molecule has 5 heteroatoms. The maximum absolute atomic E-state index is 12.0. The van der Waals surface area contributed by atoms with Gasteiger partial charge in [0.15, 0.2) is 6.10 Å². The van der Waals surface area contributed by atoms with E-state index >= 15 is 0 Å². The van der Waals surface area contributed by atoms with E-state index in [2.05, 4.69) is 50.3 Å². The molecule has 0 aromatic rings. The molecule has 0 heterocycles. The van der Waals surface area contributed by atoms with E-state index in [9.17, 15) is 14.7 Å². The molecule has 0 aliphatic heterocycles. The van der Waals surface area contributed by atoms with Crippen LogP contribution >= 0.6 is 0 Å². The van der Waals surface area contributed by atoms with Crippen molar-refractivity contribution >= 4 is 11.9 Å². The van der Waals surface area contributed by atoms with Crippen molar-refractivity contribution < 1.29 is 24.2 Å². The van der Waals surface area contributed by atoms with Crippen LogP contribution in [0.2, 0.25) is 0 Å². The van der Waals surface area contributed by atoms with Crippen molar-refractivity contribution in [2.45, 2.75) is 110 Å². The molecule has 0 saturated carbocycles. The number of ether oxygens (including phenoxy) is 2. The van der Waals surface area contributed by atoms with E-state index in [0.29, 0.717) is 12.8 Å². The monoisotopic (exact) mass is 554 g/mol. The Bertz CT molecular complexity index is 814. The average molecular weight is 555 g/mol. The second-order valence-electron chi connectivity index (χ2n) is 9.57. The molecule has 0 spiro atoms. The van der Waals surface area contributed by atoms with Crippen LogP contribution in [-0.2, 0) is 19.1 Å². The summed E-state index contributed by atoms with van der Waals surface area (Å²) >= 11 is 0. The second kappa shape index (κ2) is 30.6. The van der Waals surface area contributed by atoms with Gasteiger partial charge in [-0.05, 0) is 51.4 Å². The molecule has 224 valence electrons. The number of carbonyl (C=O) groups excluding carboxylic acids is 2. The molecule has 40 heavy (non-hydrogen) atoms. The van der Waals surface area contributed by atoms with E-state index in [1.165, 1.54) is 0 Å². The number of esters is 2. The van der Waals surface area contributed by atoms with Crippen LogP contribution in [0.1, 0.15) is 104 Å². The largest absolute Gasteiger partial charge is 0.462 e. The van der Waals surface area contributed by atoms with Gasteiger partial charge in [-0.25, -0.2) is 0 Å². The highest BCUT2D eigenvalue weighted by Gasteiger charge is 2.16. The molecule has 1 atom stereocenters. The third kappa shape index (κ3) is 28.1. The molecular formula is C35H54O5. The molecule has 1 N–H and O–H groups in total. The van der Waals surface area contributed by atoms with Gasteiger partial charge in [0, 0.05) is 12.8 Å². The van der Waals surface area contributed by atoms with E-state index in [1.54, 1.807) is 0 Å². The molecule has 0 amide bonds. The zero-order chi connectivity index (χ0) is 29.4. The van der Waals surface area contributed by atoms with Crippen molar-refractivity contribution in [3.63, 3.8) is 0 Å². The topological polar surface area (TPSA) is 72.8 Å². The van der Waals surface area contributed by atoms with Crippen LogP contribution < -0.4 is 0 Å². The van der Waals surface area contributed by atoms with Crippen molar-refractivity contribution in [1.29, 1.82) is 0 Å². The molecule has 0 saturated heterocycles. The standard InChI is InChI=1S/C35H54O5/c1-3-5-7-9-11-13-15-17-19-21-23-25-27-29-34(37)39-32-33(31-36)40-35(38)30-28-26-24-22-20-18-16-14-12-10-8-6-4-2/h5-16,18,20,33,36H,3-4,17,19,21-32H2,1-2H3/b7-5+,8-6+,11-9+,12-10+,15-13+,16-14+,20-18+. The lowest BCUT2D eigenvalue weighted by molar-refractivity contribution is -0.161. The lowest BCUT2D eigenvalue weighted by Gasteiger charge is -2.15. The van der Waals surface area contributed by atoms with Crippen molar-refractivity contribution in [3.05, 3.63) is 85.1 Å². The number of aliphatic hydroxyl groups excluding tert-OH is 1. The summed E-state index contributed by atoms with van der Waals surface area (Å²) in [5.41, 5.74) is 0. The SMILES string of the molecule is CC/C=C/C=C/C=C/C=C/CCCCCC(=O)OC(CO)COC(=O)CCCCCCC/C=C/C=C/C=C/CC. The lowest BCUT2D eigenvalue weighted by atomic mass is 10.1. The summed E-state index contributed by atoms with van der Waals surface area (Å²) in [6.07, 6.45) is 40.6. The van der Waals surface area contributed by atoms with Crippen LogP contribution in [-0.4, -0.2) is 36.4 Å². The van der Waals surface area contributed by atoms with Gasteiger partial charge in [0.1, 0.15) is 6.61 Å². The van der Waals surface area contributed by atoms with E-state index in [-0.39, 0.29) is 25.2 Å². The molecule has 5 nitrogen and oxygen atoms in total. The van der Waals surface area contributed by atoms with E-state index in [1.807, 2.05) is 48.6 Å². The van der Waals surface area contributed by atoms with Gasteiger partial charge in [-0.3, -0.25) is 9.59 Å². The van der Waals surface area contributed by atoms with E-state index in [0.717, 1.165) is 77.0 Å². The summed E-state index contributed by atoms with van der Waals surface area (Å²) in [4.78, 5) is 24.0. The first-order valence-electron chi connectivity index (χ1n) is 15.2. The fourth-order valence-corrected chi connectivity index (χ4v) is 3.56. The van der Waals surface area contributed by atoms with Crippen LogP contribution in [0, 0.1) is 0 Å². The maximum atomic E-state index is 12.0. The maximum Gasteiger partial charge on any atom is 0.306 e. The number of hydrogen-bond donors (Lipinski definition) is 1. The summed E-state index contributed by atoms with van der Waals surface area (Å²) in [5, 5.41) is 9.47. The smallest absolute Gasteiger partial charge is 0.306 e. The molecule has 0 fully saturated rings. The molecular weight excluding hydrogens is 500 g/mol. The highest BCUT2D eigenvalue weighted by molar-refractivity contribution is 5.70. The number of carbonyl (C=O) groups is 2. The van der Waals surface area contributed by atoms with Crippen molar-refractivity contribution in [2.24, 2.45) is 0 Å². The Morgan fingerprint density at radius 1 is 0.575 bits per heavy atom. The normalized spacial score (nSPS) is 13.4. The molecule has 0 rings (SSSR count). The van der Waals surface area contributed by atoms with Gasteiger partial charge in [0.25, 0.3) is 0 Å². The summed E-state index contributed by atoms with van der Waals surface area (Å²) in [7, 11) is 0. The van der Waals surface area contributed by atoms with Gasteiger partial charge < -0.3 is 14.6 Å². The molecule has 0 aliphatic carbocycles. The minimum atomic E-state index is -0.803.